The lowest BCUT2D eigenvalue weighted by molar-refractivity contribution is -0.115. The van der Waals surface area contributed by atoms with Crippen molar-refractivity contribution in [2.45, 2.75) is 18.7 Å². The van der Waals surface area contributed by atoms with Gasteiger partial charge in [0.05, 0.1) is 16.3 Å². The number of carbonyl (C=O) groups excluding carboxylic acids is 2. The quantitative estimate of drug-likeness (QED) is 0.539. The molecule has 152 valence electrons. The van der Waals surface area contributed by atoms with Crippen LogP contribution in [0.4, 0.5) is 11.4 Å². The van der Waals surface area contributed by atoms with Crippen molar-refractivity contribution < 1.29 is 9.59 Å². The molecule has 0 unspecified atom stereocenters. The van der Waals surface area contributed by atoms with Crippen LogP contribution in [0.3, 0.4) is 0 Å². The van der Waals surface area contributed by atoms with Crippen molar-refractivity contribution >= 4 is 46.6 Å². The molecule has 2 amide bonds. The smallest absolute Gasteiger partial charge is 0.257 e. The number of aryl methyl sites for hydroxylation is 1. The molecule has 0 radical (unpaired) electrons. The maximum absolute atomic E-state index is 12.7. The van der Waals surface area contributed by atoms with Crippen LogP contribution in [-0.4, -0.2) is 17.6 Å². The summed E-state index contributed by atoms with van der Waals surface area (Å²) in [6.07, 6.45) is 0.865. The number of amides is 2. The average Bonchev–Trinajstić information content (AvgIpc) is 3.15. The van der Waals surface area contributed by atoms with Gasteiger partial charge in [0.15, 0.2) is 0 Å². The Hall–Kier alpha value is -2.76. The van der Waals surface area contributed by atoms with Gasteiger partial charge in [-0.1, -0.05) is 61.0 Å². The van der Waals surface area contributed by atoms with E-state index in [1.165, 1.54) is 0 Å². The van der Waals surface area contributed by atoms with E-state index in [1.807, 2.05) is 47.4 Å². The lowest BCUT2D eigenvalue weighted by Crippen LogP contribution is -2.28. The van der Waals surface area contributed by atoms with E-state index in [-0.39, 0.29) is 17.2 Å². The van der Waals surface area contributed by atoms with Crippen LogP contribution in [0.2, 0.25) is 5.02 Å². The molecule has 1 aliphatic rings. The Bertz CT molecular complexity index is 1080. The predicted molar refractivity (Wildman–Crippen MR) is 124 cm³/mol. The molecule has 1 atom stereocenters. The molecule has 0 bridgehead atoms. The first-order valence-corrected chi connectivity index (χ1v) is 11.2. The van der Waals surface area contributed by atoms with Gasteiger partial charge in [-0.05, 0) is 47.9 Å². The van der Waals surface area contributed by atoms with Crippen molar-refractivity contribution in [1.82, 2.24) is 0 Å². The van der Waals surface area contributed by atoms with Crippen molar-refractivity contribution in [2.24, 2.45) is 0 Å². The van der Waals surface area contributed by atoms with E-state index in [9.17, 15) is 9.59 Å². The number of thioether (sulfide) groups is 1. The normalized spacial score (nSPS) is 16.0. The fourth-order valence-corrected chi connectivity index (χ4v) is 4.94. The van der Waals surface area contributed by atoms with Crippen molar-refractivity contribution in [1.29, 1.82) is 0 Å². The molecule has 1 N–H and O–H groups in total. The molecular weight excluding hydrogens is 416 g/mol. The second-order valence-corrected chi connectivity index (χ2v) is 8.44. The van der Waals surface area contributed by atoms with Crippen LogP contribution in [0.1, 0.15) is 33.8 Å². The third-order valence-electron chi connectivity index (χ3n) is 5.07. The zero-order valence-electron chi connectivity index (χ0n) is 16.5. The predicted octanol–water partition coefficient (Wildman–Crippen LogP) is 5.93. The number of anilines is 2. The van der Waals surface area contributed by atoms with E-state index in [1.54, 1.807) is 36.0 Å². The van der Waals surface area contributed by atoms with Crippen molar-refractivity contribution in [3.8, 4) is 0 Å². The monoisotopic (exact) mass is 436 g/mol. The molecule has 1 fully saturated rings. The first-order chi connectivity index (χ1) is 14.6. The largest absolute Gasteiger partial charge is 0.322 e. The molecule has 1 heterocycles. The summed E-state index contributed by atoms with van der Waals surface area (Å²) in [6, 6.07) is 22.6. The number of halogens is 1. The molecule has 0 aliphatic carbocycles. The van der Waals surface area contributed by atoms with E-state index in [0.29, 0.717) is 22.0 Å². The number of hydrogen-bond acceptors (Lipinski definition) is 3. The molecule has 0 saturated carbocycles. The van der Waals surface area contributed by atoms with Crippen LogP contribution in [0.15, 0.2) is 72.8 Å². The third-order valence-corrected chi connectivity index (χ3v) is 6.61. The van der Waals surface area contributed by atoms with Gasteiger partial charge >= 0.3 is 0 Å². The highest BCUT2D eigenvalue weighted by molar-refractivity contribution is 8.00. The fourth-order valence-electron chi connectivity index (χ4n) is 3.55. The molecule has 3 aromatic rings. The summed E-state index contributed by atoms with van der Waals surface area (Å²) >= 11 is 7.72. The topological polar surface area (TPSA) is 49.4 Å². The Morgan fingerprint density at radius 2 is 1.77 bits per heavy atom. The van der Waals surface area contributed by atoms with Crippen molar-refractivity contribution in [2.75, 3.05) is 16.0 Å². The summed E-state index contributed by atoms with van der Waals surface area (Å²) in [5.41, 5.74) is 4.26. The fraction of sp³-hybridized carbons (Fsp3) is 0.167. The van der Waals surface area contributed by atoms with Crippen LogP contribution in [0, 0.1) is 0 Å². The highest BCUT2D eigenvalue weighted by Crippen LogP contribution is 2.43. The minimum atomic E-state index is -0.253. The number of nitrogens with zero attached hydrogens (tertiary/aromatic N) is 1. The Labute approximate surface area is 185 Å². The van der Waals surface area contributed by atoms with Gasteiger partial charge in [0.1, 0.15) is 5.37 Å². The molecule has 6 heteroatoms. The Balaban J connectivity index is 1.55. The molecule has 3 aromatic carbocycles. The van der Waals surface area contributed by atoms with Gasteiger partial charge in [0, 0.05) is 11.4 Å². The van der Waals surface area contributed by atoms with Gasteiger partial charge in [0.25, 0.3) is 5.91 Å². The Morgan fingerprint density at radius 1 is 1.07 bits per heavy atom. The van der Waals surface area contributed by atoms with E-state index in [0.717, 1.165) is 23.2 Å². The minimum absolute atomic E-state index is 0.0847. The summed E-state index contributed by atoms with van der Waals surface area (Å²) < 4.78 is 0. The van der Waals surface area contributed by atoms with Crippen molar-refractivity contribution in [3.05, 3.63) is 94.5 Å². The number of para-hydroxylation sites is 1. The van der Waals surface area contributed by atoms with Crippen LogP contribution in [0.25, 0.3) is 0 Å². The van der Waals surface area contributed by atoms with Crippen LogP contribution < -0.4 is 10.2 Å². The van der Waals surface area contributed by atoms with Crippen LogP contribution in [-0.2, 0) is 11.2 Å². The molecule has 4 rings (SSSR count). The van der Waals surface area contributed by atoms with Crippen LogP contribution >= 0.6 is 23.4 Å². The van der Waals surface area contributed by atoms with E-state index >= 15 is 0 Å². The van der Waals surface area contributed by atoms with E-state index < -0.39 is 0 Å². The van der Waals surface area contributed by atoms with Gasteiger partial charge in [0.2, 0.25) is 5.91 Å². The van der Waals surface area contributed by atoms with E-state index in [2.05, 4.69) is 18.3 Å². The zero-order chi connectivity index (χ0) is 21.1. The zero-order valence-corrected chi connectivity index (χ0v) is 18.0. The van der Waals surface area contributed by atoms with Crippen LogP contribution in [0.5, 0.6) is 0 Å². The first-order valence-electron chi connectivity index (χ1n) is 9.76. The lowest BCUT2D eigenvalue weighted by Gasteiger charge is -2.26. The molecule has 0 aromatic heterocycles. The molecule has 4 nitrogen and oxygen atoms in total. The summed E-state index contributed by atoms with van der Waals surface area (Å²) in [4.78, 5) is 27.0. The average molecular weight is 437 g/mol. The molecule has 0 spiro atoms. The highest BCUT2D eigenvalue weighted by Gasteiger charge is 2.34. The molecule has 1 saturated heterocycles. The Kier molecular flexibility index (Phi) is 6.11. The number of benzene rings is 3. The van der Waals surface area contributed by atoms with Gasteiger partial charge in [-0.15, -0.1) is 11.8 Å². The standard InChI is InChI=1S/C24H21ClN2O2S/c1-2-16-7-3-6-10-21(16)27-22(28)15-30-24(27)17-11-13-18(14-12-17)26-23(29)19-8-4-5-9-20(19)25/h3-14,24H,2,15H2,1H3,(H,26,29)/t24-/m0/s1. The summed E-state index contributed by atoms with van der Waals surface area (Å²) in [7, 11) is 0. The maximum atomic E-state index is 12.7. The maximum Gasteiger partial charge on any atom is 0.257 e. The summed E-state index contributed by atoms with van der Waals surface area (Å²) in [5, 5.41) is 3.21. The molecule has 1 aliphatic heterocycles. The molecule has 30 heavy (non-hydrogen) atoms. The minimum Gasteiger partial charge on any atom is -0.322 e. The van der Waals surface area contributed by atoms with E-state index in [4.69, 9.17) is 11.6 Å². The highest BCUT2D eigenvalue weighted by atomic mass is 35.5. The summed E-state index contributed by atoms with van der Waals surface area (Å²) in [5.74, 6) is 0.313. The lowest BCUT2D eigenvalue weighted by atomic mass is 10.1. The van der Waals surface area contributed by atoms with Gasteiger partial charge < -0.3 is 5.32 Å². The SMILES string of the molecule is CCc1ccccc1N1C(=O)CS[C@H]1c1ccc(NC(=O)c2ccccc2Cl)cc1. The first kappa shape index (κ1) is 20.5. The summed E-state index contributed by atoms with van der Waals surface area (Å²) in [6.45, 7) is 2.10. The number of nitrogens with one attached hydrogen (secondary N) is 1. The van der Waals surface area contributed by atoms with Gasteiger partial charge in [-0.25, -0.2) is 0 Å². The Morgan fingerprint density at radius 3 is 2.50 bits per heavy atom. The second kappa shape index (κ2) is 8.94. The third kappa shape index (κ3) is 4.09. The van der Waals surface area contributed by atoms with Gasteiger partial charge in [-0.2, -0.15) is 0 Å². The number of hydrogen-bond donors (Lipinski definition) is 1. The molecular formula is C24H21ClN2O2S. The second-order valence-electron chi connectivity index (χ2n) is 6.97. The number of rotatable bonds is 5. The van der Waals surface area contributed by atoms with Gasteiger partial charge in [-0.3, -0.25) is 14.5 Å². The number of carbonyl (C=O) groups is 2. The van der Waals surface area contributed by atoms with Crippen molar-refractivity contribution in [3.63, 3.8) is 0 Å².